The summed E-state index contributed by atoms with van der Waals surface area (Å²) in [5.41, 5.74) is 2.68. The van der Waals surface area contributed by atoms with Crippen LogP contribution in [0.2, 0.25) is 0 Å². The van der Waals surface area contributed by atoms with Gasteiger partial charge in [0.15, 0.2) is 0 Å². The molecule has 2 aromatic carbocycles. The first kappa shape index (κ1) is 14.1. The van der Waals surface area contributed by atoms with Gasteiger partial charge in [-0.15, -0.1) is 0 Å². The van der Waals surface area contributed by atoms with Gasteiger partial charge in [-0.05, 0) is 29.8 Å². The van der Waals surface area contributed by atoms with Gasteiger partial charge in [-0.1, -0.05) is 40.2 Å². The molecule has 0 fully saturated rings. The Kier molecular flexibility index (Phi) is 3.46. The van der Waals surface area contributed by atoms with Crippen molar-refractivity contribution >= 4 is 27.6 Å². The topological polar surface area (TPSA) is 63.3 Å². The van der Waals surface area contributed by atoms with Crippen LogP contribution in [0.4, 0.5) is 5.95 Å². The van der Waals surface area contributed by atoms with Crippen LogP contribution in [0.1, 0.15) is 23.6 Å². The van der Waals surface area contributed by atoms with Crippen molar-refractivity contribution in [1.29, 1.82) is 0 Å². The van der Waals surface area contributed by atoms with Crippen molar-refractivity contribution < 1.29 is 5.11 Å². The Morgan fingerprint density at radius 1 is 1.09 bits per heavy atom. The molecule has 1 atom stereocenters. The lowest BCUT2D eigenvalue weighted by atomic mass is 9.96. The Balaban J connectivity index is 1.81. The number of para-hydroxylation sites is 1. The summed E-state index contributed by atoms with van der Waals surface area (Å²) in [6, 6.07) is 15.4. The molecular weight excluding hydrogens is 356 g/mol. The molecule has 1 aromatic heterocycles. The van der Waals surface area contributed by atoms with Crippen LogP contribution in [0, 0.1) is 0 Å². The molecule has 2 heterocycles. The number of phenolic OH excluding ortho intramolecular Hbond substituents is 1. The number of benzene rings is 2. The standard InChI is InChI=1S/C17H13BrN4O/c18-12-7-5-11(6-8-12)15-9-14(13-3-1-2-4-16(13)23)21-17-19-10-20-22(15)17/h1-8,10,15,23H,9H2/t15-/m0/s1. The first-order valence-corrected chi connectivity index (χ1v) is 8.02. The lowest BCUT2D eigenvalue weighted by Crippen LogP contribution is -2.21. The van der Waals surface area contributed by atoms with E-state index in [4.69, 9.17) is 0 Å². The van der Waals surface area contributed by atoms with Gasteiger partial charge in [0.25, 0.3) is 0 Å². The van der Waals surface area contributed by atoms with E-state index in [2.05, 4.69) is 43.1 Å². The third kappa shape index (κ3) is 2.55. The average Bonchev–Trinajstić information content (AvgIpc) is 3.04. The van der Waals surface area contributed by atoms with E-state index >= 15 is 0 Å². The molecule has 6 heteroatoms. The molecular formula is C17H13BrN4O. The number of nitrogens with zero attached hydrogens (tertiary/aromatic N) is 4. The maximum Gasteiger partial charge on any atom is 0.248 e. The van der Waals surface area contributed by atoms with Crippen LogP contribution in [0.3, 0.4) is 0 Å². The zero-order valence-electron chi connectivity index (χ0n) is 12.1. The van der Waals surface area contributed by atoms with E-state index in [0.29, 0.717) is 12.4 Å². The molecule has 0 saturated heterocycles. The fourth-order valence-corrected chi connectivity index (χ4v) is 3.08. The van der Waals surface area contributed by atoms with E-state index < -0.39 is 0 Å². The second-order valence-corrected chi connectivity index (χ2v) is 6.27. The van der Waals surface area contributed by atoms with Crippen molar-refractivity contribution in [3.63, 3.8) is 0 Å². The number of phenols is 1. The van der Waals surface area contributed by atoms with Gasteiger partial charge >= 0.3 is 0 Å². The predicted molar refractivity (Wildman–Crippen MR) is 91.2 cm³/mol. The molecule has 0 bridgehead atoms. The maximum absolute atomic E-state index is 10.1. The van der Waals surface area contributed by atoms with Crippen LogP contribution < -0.4 is 0 Å². The molecule has 1 N–H and O–H groups in total. The lowest BCUT2D eigenvalue weighted by molar-refractivity contribution is 0.472. The van der Waals surface area contributed by atoms with E-state index in [0.717, 1.165) is 21.3 Å². The first-order chi connectivity index (χ1) is 11.2. The molecule has 0 spiro atoms. The molecule has 4 rings (SSSR count). The summed E-state index contributed by atoms with van der Waals surface area (Å²) >= 11 is 3.46. The van der Waals surface area contributed by atoms with Gasteiger partial charge < -0.3 is 5.11 Å². The first-order valence-electron chi connectivity index (χ1n) is 7.23. The van der Waals surface area contributed by atoms with Crippen molar-refractivity contribution in [1.82, 2.24) is 14.8 Å². The van der Waals surface area contributed by atoms with E-state index in [-0.39, 0.29) is 11.8 Å². The van der Waals surface area contributed by atoms with Crippen LogP contribution in [0.15, 0.2) is 64.3 Å². The van der Waals surface area contributed by atoms with E-state index in [9.17, 15) is 5.11 Å². The van der Waals surface area contributed by atoms with Crippen molar-refractivity contribution in [2.75, 3.05) is 0 Å². The summed E-state index contributed by atoms with van der Waals surface area (Å²) in [5, 5.41) is 14.4. The van der Waals surface area contributed by atoms with Gasteiger partial charge in [-0.25, -0.2) is 9.67 Å². The summed E-state index contributed by atoms with van der Waals surface area (Å²) in [6.07, 6.45) is 2.16. The molecule has 0 saturated carbocycles. The Hall–Kier alpha value is -2.47. The molecule has 3 aromatic rings. The molecule has 0 unspecified atom stereocenters. The highest BCUT2D eigenvalue weighted by atomic mass is 79.9. The molecule has 23 heavy (non-hydrogen) atoms. The Labute approximate surface area is 141 Å². The number of halogens is 1. The number of aliphatic imine (C=N–C) groups is 1. The lowest BCUT2D eigenvalue weighted by Gasteiger charge is -2.24. The summed E-state index contributed by atoms with van der Waals surface area (Å²) in [6.45, 7) is 0. The molecule has 114 valence electrons. The minimum Gasteiger partial charge on any atom is -0.507 e. The Morgan fingerprint density at radius 3 is 2.65 bits per heavy atom. The fraction of sp³-hybridized carbons (Fsp3) is 0.118. The number of hydrogen-bond donors (Lipinski definition) is 1. The quantitative estimate of drug-likeness (QED) is 0.746. The largest absolute Gasteiger partial charge is 0.507 e. The Morgan fingerprint density at radius 2 is 1.87 bits per heavy atom. The van der Waals surface area contributed by atoms with E-state index in [1.165, 1.54) is 6.33 Å². The number of aromatic nitrogens is 3. The number of aromatic hydroxyl groups is 1. The molecule has 1 aliphatic rings. The molecule has 0 radical (unpaired) electrons. The van der Waals surface area contributed by atoms with Crippen molar-refractivity contribution in [3.8, 4) is 5.75 Å². The highest BCUT2D eigenvalue weighted by Crippen LogP contribution is 2.34. The molecule has 0 amide bonds. The van der Waals surface area contributed by atoms with Crippen molar-refractivity contribution in [3.05, 3.63) is 70.5 Å². The SMILES string of the molecule is Oc1ccccc1C1=Nc2ncnn2[C@H](c2ccc(Br)cc2)C1. The number of rotatable bonds is 2. The van der Waals surface area contributed by atoms with Gasteiger partial charge in [-0.2, -0.15) is 10.1 Å². The van der Waals surface area contributed by atoms with Gasteiger partial charge in [0.05, 0.1) is 11.8 Å². The highest BCUT2D eigenvalue weighted by molar-refractivity contribution is 9.10. The predicted octanol–water partition coefficient (Wildman–Crippen LogP) is 3.86. The third-order valence-electron chi connectivity index (χ3n) is 3.94. The van der Waals surface area contributed by atoms with Crippen LogP contribution >= 0.6 is 15.9 Å². The summed E-state index contributed by atoms with van der Waals surface area (Å²) in [5.74, 6) is 0.788. The van der Waals surface area contributed by atoms with Gasteiger partial charge in [0, 0.05) is 16.5 Å². The van der Waals surface area contributed by atoms with Crippen LogP contribution in [-0.2, 0) is 0 Å². The van der Waals surface area contributed by atoms with Gasteiger partial charge in [0.1, 0.15) is 12.1 Å². The summed E-state index contributed by atoms with van der Waals surface area (Å²) in [7, 11) is 0. The zero-order chi connectivity index (χ0) is 15.8. The fourth-order valence-electron chi connectivity index (χ4n) is 2.81. The van der Waals surface area contributed by atoms with Crippen molar-refractivity contribution in [2.45, 2.75) is 12.5 Å². The highest BCUT2D eigenvalue weighted by Gasteiger charge is 2.27. The summed E-state index contributed by atoms with van der Waals surface area (Å²) < 4.78 is 2.86. The van der Waals surface area contributed by atoms with Crippen LogP contribution in [-0.4, -0.2) is 25.6 Å². The monoisotopic (exact) mass is 368 g/mol. The zero-order valence-corrected chi connectivity index (χ0v) is 13.7. The maximum atomic E-state index is 10.1. The van der Waals surface area contributed by atoms with E-state index in [1.54, 1.807) is 12.1 Å². The Bertz CT molecular complexity index is 886. The second kappa shape index (κ2) is 5.62. The van der Waals surface area contributed by atoms with Crippen LogP contribution in [0.5, 0.6) is 5.75 Å². The molecule has 0 aliphatic carbocycles. The second-order valence-electron chi connectivity index (χ2n) is 5.35. The van der Waals surface area contributed by atoms with Gasteiger partial charge in [0.2, 0.25) is 5.95 Å². The van der Waals surface area contributed by atoms with Gasteiger partial charge in [-0.3, -0.25) is 0 Å². The number of fused-ring (bicyclic) bond motifs is 1. The summed E-state index contributed by atoms with van der Waals surface area (Å²) in [4.78, 5) is 8.80. The normalized spacial score (nSPS) is 16.7. The molecule has 1 aliphatic heterocycles. The molecule has 5 nitrogen and oxygen atoms in total. The third-order valence-corrected chi connectivity index (χ3v) is 4.47. The minimum absolute atomic E-state index is 0.00714. The minimum atomic E-state index is 0.00714. The average molecular weight is 369 g/mol. The van der Waals surface area contributed by atoms with Crippen LogP contribution in [0.25, 0.3) is 0 Å². The van der Waals surface area contributed by atoms with Crippen molar-refractivity contribution in [2.24, 2.45) is 4.99 Å². The van der Waals surface area contributed by atoms with E-state index in [1.807, 2.05) is 28.9 Å². The number of hydrogen-bond acceptors (Lipinski definition) is 4. The smallest absolute Gasteiger partial charge is 0.248 e.